The average Bonchev–Trinajstić information content (AvgIpc) is 2.89. The van der Waals surface area contributed by atoms with E-state index in [1.165, 1.54) is 0 Å². The summed E-state index contributed by atoms with van der Waals surface area (Å²) >= 11 is 0. The molecule has 4 nitrogen and oxygen atoms in total. The van der Waals surface area contributed by atoms with Crippen molar-refractivity contribution >= 4 is 5.69 Å². The molecular formula is C12H14N4. The Kier molecular flexibility index (Phi) is 2.26. The predicted molar refractivity (Wildman–Crippen MR) is 61.0 cm³/mol. The molecule has 4 heteroatoms. The molecule has 2 atom stereocenters. The van der Waals surface area contributed by atoms with E-state index in [0.29, 0.717) is 5.69 Å². The van der Waals surface area contributed by atoms with Crippen molar-refractivity contribution in [3.8, 4) is 6.07 Å². The molecule has 1 aromatic rings. The Hall–Kier alpha value is -1.60. The van der Waals surface area contributed by atoms with Gasteiger partial charge in [0.05, 0.1) is 5.69 Å². The highest BCUT2D eigenvalue weighted by molar-refractivity contribution is 5.56. The summed E-state index contributed by atoms with van der Waals surface area (Å²) in [7, 11) is 0. The van der Waals surface area contributed by atoms with Gasteiger partial charge in [0, 0.05) is 32.4 Å². The van der Waals surface area contributed by atoms with E-state index in [0.717, 1.165) is 43.7 Å². The van der Waals surface area contributed by atoms with Crippen LogP contribution < -0.4 is 10.2 Å². The van der Waals surface area contributed by atoms with Gasteiger partial charge >= 0.3 is 0 Å². The number of hydrogen-bond donors (Lipinski definition) is 1. The third kappa shape index (κ3) is 1.44. The van der Waals surface area contributed by atoms with E-state index in [-0.39, 0.29) is 0 Å². The summed E-state index contributed by atoms with van der Waals surface area (Å²) in [6, 6.07) is 6.08. The molecule has 0 spiro atoms. The van der Waals surface area contributed by atoms with Gasteiger partial charge in [-0.2, -0.15) is 5.26 Å². The minimum Gasteiger partial charge on any atom is -0.369 e. The van der Waals surface area contributed by atoms with E-state index in [4.69, 9.17) is 5.26 Å². The van der Waals surface area contributed by atoms with Gasteiger partial charge in [0.1, 0.15) is 6.07 Å². The number of nitriles is 1. The fourth-order valence-electron chi connectivity index (χ4n) is 2.79. The maximum Gasteiger partial charge on any atom is 0.163 e. The van der Waals surface area contributed by atoms with Crippen LogP contribution in [0.4, 0.5) is 5.69 Å². The van der Waals surface area contributed by atoms with E-state index < -0.39 is 0 Å². The maximum atomic E-state index is 9.03. The monoisotopic (exact) mass is 214 g/mol. The third-order valence-electron chi connectivity index (χ3n) is 3.62. The number of pyridine rings is 1. The van der Waals surface area contributed by atoms with Crippen LogP contribution in [0.3, 0.4) is 0 Å². The average molecular weight is 214 g/mol. The summed E-state index contributed by atoms with van der Waals surface area (Å²) in [4.78, 5) is 6.42. The van der Waals surface area contributed by atoms with Gasteiger partial charge in [0.15, 0.2) is 5.69 Å². The number of aromatic nitrogens is 1. The molecule has 2 aliphatic rings. The first-order valence-corrected chi connectivity index (χ1v) is 5.69. The molecule has 0 bridgehead atoms. The zero-order valence-corrected chi connectivity index (χ0v) is 9.06. The highest BCUT2D eigenvalue weighted by atomic mass is 15.2. The Labute approximate surface area is 94.9 Å². The largest absolute Gasteiger partial charge is 0.369 e. The molecule has 2 aliphatic heterocycles. The van der Waals surface area contributed by atoms with Crippen LogP contribution in [0.5, 0.6) is 0 Å². The van der Waals surface area contributed by atoms with Gasteiger partial charge in [-0.25, -0.2) is 4.98 Å². The second-order valence-electron chi connectivity index (χ2n) is 4.57. The van der Waals surface area contributed by atoms with Gasteiger partial charge in [0.2, 0.25) is 0 Å². The summed E-state index contributed by atoms with van der Waals surface area (Å²) in [6.45, 7) is 4.34. The molecular weight excluding hydrogens is 200 g/mol. The smallest absolute Gasteiger partial charge is 0.163 e. The lowest BCUT2D eigenvalue weighted by molar-refractivity contribution is 0.533. The van der Waals surface area contributed by atoms with Crippen LogP contribution >= 0.6 is 0 Å². The topological polar surface area (TPSA) is 52.0 Å². The fraction of sp³-hybridized carbons (Fsp3) is 0.500. The van der Waals surface area contributed by atoms with Crippen LogP contribution in [-0.2, 0) is 0 Å². The van der Waals surface area contributed by atoms with Gasteiger partial charge in [-0.05, 0) is 24.0 Å². The number of rotatable bonds is 1. The Morgan fingerprint density at radius 2 is 2.12 bits per heavy atom. The van der Waals surface area contributed by atoms with Crippen LogP contribution in [-0.4, -0.2) is 31.2 Å². The Morgan fingerprint density at radius 1 is 1.38 bits per heavy atom. The van der Waals surface area contributed by atoms with Crippen LogP contribution in [0.15, 0.2) is 18.3 Å². The summed E-state index contributed by atoms with van der Waals surface area (Å²) in [5.41, 5.74) is 1.55. The molecule has 1 aromatic heterocycles. The molecule has 16 heavy (non-hydrogen) atoms. The van der Waals surface area contributed by atoms with Crippen LogP contribution in [0, 0.1) is 23.2 Å². The van der Waals surface area contributed by atoms with E-state index in [9.17, 15) is 0 Å². The molecule has 3 heterocycles. The minimum atomic E-state index is 0.551. The first-order valence-electron chi connectivity index (χ1n) is 5.69. The summed E-state index contributed by atoms with van der Waals surface area (Å²) in [6.07, 6.45) is 1.68. The molecule has 0 saturated carbocycles. The predicted octanol–water partition coefficient (Wildman–Crippen LogP) is 0.609. The van der Waals surface area contributed by atoms with Gasteiger partial charge in [-0.3, -0.25) is 0 Å². The molecule has 0 radical (unpaired) electrons. The van der Waals surface area contributed by atoms with E-state index in [2.05, 4.69) is 21.3 Å². The summed E-state index contributed by atoms with van der Waals surface area (Å²) in [5.74, 6) is 1.48. The molecule has 3 rings (SSSR count). The zero-order chi connectivity index (χ0) is 11.0. The maximum absolute atomic E-state index is 9.03. The molecule has 0 unspecified atom stereocenters. The number of nitrogens with zero attached hydrogens (tertiary/aromatic N) is 3. The van der Waals surface area contributed by atoms with E-state index in [1.807, 2.05) is 12.1 Å². The number of hydrogen-bond acceptors (Lipinski definition) is 4. The van der Waals surface area contributed by atoms with Gasteiger partial charge in [0.25, 0.3) is 0 Å². The molecule has 2 fully saturated rings. The van der Waals surface area contributed by atoms with Crippen molar-refractivity contribution in [3.05, 3.63) is 24.0 Å². The second-order valence-corrected chi connectivity index (χ2v) is 4.57. The molecule has 0 aromatic carbocycles. The third-order valence-corrected chi connectivity index (χ3v) is 3.62. The second kappa shape index (κ2) is 3.76. The number of anilines is 1. The van der Waals surface area contributed by atoms with E-state index in [1.54, 1.807) is 6.20 Å². The molecule has 2 saturated heterocycles. The van der Waals surface area contributed by atoms with Gasteiger partial charge in [-0.15, -0.1) is 0 Å². The molecule has 1 N–H and O–H groups in total. The molecule has 82 valence electrons. The Morgan fingerprint density at radius 3 is 2.81 bits per heavy atom. The summed E-state index contributed by atoms with van der Waals surface area (Å²) in [5, 5.41) is 12.4. The Balaban J connectivity index is 1.86. The SMILES string of the molecule is N#Cc1ncccc1N1C[C@H]2CNC[C@H]2C1. The lowest BCUT2D eigenvalue weighted by Crippen LogP contribution is -2.26. The van der Waals surface area contributed by atoms with Crippen LogP contribution in [0.2, 0.25) is 0 Å². The van der Waals surface area contributed by atoms with Crippen molar-refractivity contribution in [1.82, 2.24) is 10.3 Å². The van der Waals surface area contributed by atoms with Crippen LogP contribution in [0.1, 0.15) is 5.69 Å². The van der Waals surface area contributed by atoms with Crippen LogP contribution in [0.25, 0.3) is 0 Å². The quantitative estimate of drug-likeness (QED) is 0.744. The highest BCUT2D eigenvalue weighted by Gasteiger charge is 2.36. The molecule has 0 amide bonds. The van der Waals surface area contributed by atoms with E-state index >= 15 is 0 Å². The first kappa shape index (κ1) is 9.61. The van der Waals surface area contributed by atoms with Crippen molar-refractivity contribution < 1.29 is 0 Å². The highest BCUT2D eigenvalue weighted by Crippen LogP contribution is 2.31. The van der Waals surface area contributed by atoms with Crippen molar-refractivity contribution in [3.63, 3.8) is 0 Å². The number of nitrogens with one attached hydrogen (secondary N) is 1. The zero-order valence-electron chi connectivity index (χ0n) is 9.06. The lowest BCUT2D eigenvalue weighted by Gasteiger charge is -2.20. The standard InChI is InChI=1S/C12H14N4/c13-4-11-12(2-1-3-15-11)16-7-9-5-14-6-10(9)8-16/h1-3,9-10,14H,5-8H2/t9-,10+. The first-order chi connectivity index (χ1) is 7.88. The summed E-state index contributed by atoms with van der Waals surface area (Å²) < 4.78 is 0. The fourth-order valence-corrected chi connectivity index (χ4v) is 2.79. The minimum absolute atomic E-state index is 0.551. The molecule has 0 aliphatic carbocycles. The van der Waals surface area contributed by atoms with Crippen molar-refractivity contribution in [2.45, 2.75) is 0 Å². The Bertz CT molecular complexity index is 425. The van der Waals surface area contributed by atoms with Gasteiger partial charge in [-0.1, -0.05) is 0 Å². The van der Waals surface area contributed by atoms with Gasteiger partial charge < -0.3 is 10.2 Å². The number of fused-ring (bicyclic) bond motifs is 1. The van der Waals surface area contributed by atoms with Crippen molar-refractivity contribution in [1.29, 1.82) is 5.26 Å². The lowest BCUT2D eigenvalue weighted by atomic mass is 10.0. The van der Waals surface area contributed by atoms with Crippen molar-refractivity contribution in [2.75, 3.05) is 31.1 Å². The normalized spacial score (nSPS) is 27.8. The van der Waals surface area contributed by atoms with Crippen molar-refractivity contribution in [2.24, 2.45) is 11.8 Å².